The van der Waals surface area contributed by atoms with Crippen molar-refractivity contribution in [3.05, 3.63) is 59.7 Å². The third-order valence-electron chi connectivity index (χ3n) is 7.75. The monoisotopic (exact) mass is 462 g/mol. The highest BCUT2D eigenvalue weighted by Gasteiger charge is 2.42. The van der Waals surface area contributed by atoms with E-state index in [-0.39, 0.29) is 36.8 Å². The Bertz CT molecular complexity index is 1070. The number of aliphatic carboxylic acids is 1. The average Bonchev–Trinajstić information content (AvgIpc) is 3.34. The number of hydrogen-bond acceptors (Lipinski definition) is 4. The summed E-state index contributed by atoms with van der Waals surface area (Å²) in [6.45, 7) is 2.62. The van der Waals surface area contributed by atoms with Crippen LogP contribution in [0.3, 0.4) is 0 Å². The Labute approximate surface area is 199 Å². The minimum Gasteiger partial charge on any atom is -0.481 e. The number of rotatable bonds is 6. The molecular formula is C27H30N2O5. The van der Waals surface area contributed by atoms with Crippen molar-refractivity contribution in [2.75, 3.05) is 19.7 Å². The SMILES string of the molecule is CC1CN(C(=O)C(NC(=O)OCC2c3ccccc3-c3ccccc32)C2CCC2)CC1C(=O)O. The number of carbonyl (C=O) groups excluding carboxylic acids is 2. The van der Waals surface area contributed by atoms with Crippen LogP contribution < -0.4 is 5.32 Å². The maximum absolute atomic E-state index is 13.3. The van der Waals surface area contributed by atoms with Gasteiger partial charge in [-0.2, -0.15) is 0 Å². The van der Waals surface area contributed by atoms with Crippen molar-refractivity contribution in [3.8, 4) is 11.1 Å². The topological polar surface area (TPSA) is 95.9 Å². The Balaban J connectivity index is 1.26. The molecule has 178 valence electrons. The number of ether oxygens (including phenoxy) is 1. The highest BCUT2D eigenvalue weighted by atomic mass is 16.5. The molecule has 0 radical (unpaired) electrons. The summed E-state index contributed by atoms with van der Waals surface area (Å²) in [5.41, 5.74) is 4.58. The molecule has 2 aromatic carbocycles. The predicted octanol–water partition coefficient (Wildman–Crippen LogP) is 3.87. The molecule has 7 heteroatoms. The third-order valence-corrected chi connectivity index (χ3v) is 7.75. The lowest BCUT2D eigenvalue weighted by Gasteiger charge is -2.35. The van der Waals surface area contributed by atoms with E-state index >= 15 is 0 Å². The molecule has 3 unspecified atom stereocenters. The van der Waals surface area contributed by atoms with Crippen LogP contribution in [-0.2, 0) is 14.3 Å². The van der Waals surface area contributed by atoms with Gasteiger partial charge in [0, 0.05) is 19.0 Å². The molecule has 0 bridgehead atoms. The lowest BCUT2D eigenvalue weighted by Crippen LogP contribution is -2.53. The lowest BCUT2D eigenvalue weighted by molar-refractivity contribution is -0.142. The Hall–Kier alpha value is -3.35. The van der Waals surface area contributed by atoms with Crippen molar-refractivity contribution >= 4 is 18.0 Å². The Morgan fingerprint density at radius 1 is 1.03 bits per heavy atom. The van der Waals surface area contributed by atoms with Gasteiger partial charge in [0.2, 0.25) is 5.91 Å². The molecule has 1 aliphatic heterocycles. The van der Waals surface area contributed by atoms with Gasteiger partial charge in [0.05, 0.1) is 5.92 Å². The zero-order chi connectivity index (χ0) is 23.8. The molecule has 0 aromatic heterocycles. The standard InChI is InChI=1S/C27H30N2O5/c1-16-13-29(14-22(16)26(31)32)25(30)24(17-7-6-8-17)28-27(33)34-15-23-20-11-4-2-9-18(20)19-10-3-5-12-21(19)23/h2-5,9-12,16-17,22-24H,6-8,13-15H2,1H3,(H,28,33)(H,31,32). The van der Waals surface area contributed by atoms with Crippen molar-refractivity contribution in [2.45, 2.75) is 38.1 Å². The van der Waals surface area contributed by atoms with E-state index in [1.165, 1.54) is 0 Å². The van der Waals surface area contributed by atoms with Crippen LogP contribution in [0.25, 0.3) is 11.1 Å². The quantitative estimate of drug-likeness (QED) is 0.679. The molecule has 2 N–H and O–H groups in total. The van der Waals surface area contributed by atoms with Crippen LogP contribution in [0, 0.1) is 17.8 Å². The number of nitrogens with zero attached hydrogens (tertiary/aromatic N) is 1. The smallest absolute Gasteiger partial charge is 0.407 e. The fourth-order valence-electron chi connectivity index (χ4n) is 5.59. The Morgan fingerprint density at radius 3 is 2.18 bits per heavy atom. The van der Waals surface area contributed by atoms with Crippen LogP contribution in [-0.4, -0.2) is 53.7 Å². The minimum atomic E-state index is -0.882. The van der Waals surface area contributed by atoms with E-state index in [0.29, 0.717) is 6.54 Å². The highest BCUT2D eigenvalue weighted by Crippen LogP contribution is 2.44. The van der Waals surface area contributed by atoms with E-state index in [1.807, 2.05) is 31.2 Å². The van der Waals surface area contributed by atoms with Gasteiger partial charge in [0.1, 0.15) is 12.6 Å². The number of hydrogen-bond donors (Lipinski definition) is 2. The average molecular weight is 463 g/mol. The summed E-state index contributed by atoms with van der Waals surface area (Å²) >= 11 is 0. The van der Waals surface area contributed by atoms with Crippen LogP contribution in [0.5, 0.6) is 0 Å². The fraction of sp³-hybridized carbons (Fsp3) is 0.444. The maximum atomic E-state index is 13.3. The zero-order valence-electron chi connectivity index (χ0n) is 19.3. The number of carboxylic acids is 1. The number of nitrogens with one attached hydrogen (secondary N) is 1. The molecule has 2 fully saturated rings. The first-order chi connectivity index (χ1) is 16.4. The Morgan fingerprint density at radius 2 is 1.65 bits per heavy atom. The largest absolute Gasteiger partial charge is 0.481 e. The van der Waals surface area contributed by atoms with Gasteiger partial charge in [0.25, 0.3) is 0 Å². The molecule has 1 heterocycles. The second-order valence-corrected chi connectivity index (χ2v) is 9.80. The Kier molecular flexibility index (Phi) is 6.02. The van der Waals surface area contributed by atoms with E-state index in [1.54, 1.807) is 4.90 Å². The molecule has 0 spiro atoms. The summed E-state index contributed by atoms with van der Waals surface area (Å²) in [6, 6.07) is 15.6. The summed E-state index contributed by atoms with van der Waals surface area (Å²) in [7, 11) is 0. The molecular weight excluding hydrogens is 432 g/mol. The summed E-state index contributed by atoms with van der Waals surface area (Å²) in [4.78, 5) is 39.2. The van der Waals surface area contributed by atoms with Gasteiger partial charge < -0.3 is 20.1 Å². The molecule has 34 heavy (non-hydrogen) atoms. The molecule has 5 rings (SSSR count). The normalized spacial score (nSPS) is 22.4. The van der Waals surface area contributed by atoms with Gasteiger partial charge in [0.15, 0.2) is 0 Å². The van der Waals surface area contributed by atoms with Crippen LogP contribution in [0.1, 0.15) is 43.2 Å². The number of fused-ring (bicyclic) bond motifs is 3. The van der Waals surface area contributed by atoms with Crippen molar-refractivity contribution in [2.24, 2.45) is 17.8 Å². The van der Waals surface area contributed by atoms with Crippen molar-refractivity contribution in [1.82, 2.24) is 10.2 Å². The first-order valence-electron chi connectivity index (χ1n) is 12.1. The van der Waals surface area contributed by atoms with Crippen molar-refractivity contribution in [1.29, 1.82) is 0 Å². The number of alkyl carbamates (subject to hydrolysis) is 1. The molecule has 1 saturated carbocycles. The maximum Gasteiger partial charge on any atom is 0.407 e. The molecule has 2 amide bonds. The van der Waals surface area contributed by atoms with E-state index in [2.05, 4.69) is 29.6 Å². The first-order valence-corrected chi connectivity index (χ1v) is 12.1. The summed E-state index contributed by atoms with van der Waals surface area (Å²) in [6.07, 6.45) is 2.15. The van der Waals surface area contributed by atoms with E-state index in [4.69, 9.17) is 4.74 Å². The van der Waals surface area contributed by atoms with Crippen molar-refractivity contribution in [3.63, 3.8) is 0 Å². The van der Waals surface area contributed by atoms with Gasteiger partial charge in [-0.1, -0.05) is 61.9 Å². The molecule has 7 nitrogen and oxygen atoms in total. The van der Waals surface area contributed by atoms with Gasteiger partial charge in [-0.05, 0) is 46.9 Å². The van der Waals surface area contributed by atoms with Gasteiger partial charge in [-0.3, -0.25) is 9.59 Å². The van der Waals surface area contributed by atoms with E-state index in [9.17, 15) is 19.5 Å². The minimum absolute atomic E-state index is 0.0493. The van der Waals surface area contributed by atoms with Gasteiger partial charge in [-0.15, -0.1) is 0 Å². The summed E-state index contributed by atoms with van der Waals surface area (Å²) in [5, 5.41) is 12.2. The van der Waals surface area contributed by atoms with Crippen molar-refractivity contribution < 1.29 is 24.2 Å². The number of carboxylic acid groups (broad SMARTS) is 1. The zero-order valence-corrected chi connectivity index (χ0v) is 19.3. The van der Waals surface area contributed by atoms with Crippen LogP contribution in [0.15, 0.2) is 48.5 Å². The molecule has 3 aliphatic rings. The van der Waals surface area contributed by atoms with Gasteiger partial charge in [-0.25, -0.2) is 4.79 Å². The van der Waals surface area contributed by atoms with Crippen LogP contribution >= 0.6 is 0 Å². The molecule has 1 saturated heterocycles. The number of likely N-dealkylation sites (tertiary alicyclic amines) is 1. The molecule has 2 aromatic rings. The number of amides is 2. The number of benzene rings is 2. The second-order valence-electron chi connectivity index (χ2n) is 9.80. The third kappa shape index (κ3) is 4.04. The summed E-state index contributed by atoms with van der Waals surface area (Å²) in [5.74, 6) is -1.75. The second kappa shape index (κ2) is 9.12. The highest BCUT2D eigenvalue weighted by molar-refractivity contribution is 5.87. The van der Waals surface area contributed by atoms with Crippen LogP contribution in [0.4, 0.5) is 4.79 Å². The summed E-state index contributed by atoms with van der Waals surface area (Å²) < 4.78 is 5.67. The first kappa shape index (κ1) is 22.4. The van der Waals surface area contributed by atoms with Gasteiger partial charge >= 0.3 is 12.1 Å². The van der Waals surface area contributed by atoms with E-state index < -0.39 is 24.0 Å². The fourth-order valence-corrected chi connectivity index (χ4v) is 5.59. The van der Waals surface area contributed by atoms with Crippen LogP contribution in [0.2, 0.25) is 0 Å². The molecule has 2 aliphatic carbocycles. The molecule has 3 atom stereocenters. The lowest BCUT2D eigenvalue weighted by atomic mass is 9.79. The van der Waals surface area contributed by atoms with E-state index in [0.717, 1.165) is 41.5 Å². The number of carbonyl (C=O) groups is 3. The predicted molar refractivity (Wildman–Crippen MR) is 126 cm³/mol.